The molecule has 0 atom stereocenters. The zero-order valence-corrected chi connectivity index (χ0v) is 13.3. The van der Waals surface area contributed by atoms with Gasteiger partial charge < -0.3 is 15.7 Å². The average Bonchev–Trinajstić information content (AvgIpc) is 2.51. The summed E-state index contributed by atoms with van der Waals surface area (Å²) in [6, 6.07) is 9.26. The van der Waals surface area contributed by atoms with Crippen molar-refractivity contribution in [3.05, 3.63) is 46.6 Å². The number of hydrogen-bond donors (Lipinski definition) is 3. The SMILES string of the molecule is N#C/C(=C/NCCc1cccc(Cl)c1)C(=O)NCCCC(=O)O. The van der Waals surface area contributed by atoms with E-state index in [2.05, 4.69) is 10.6 Å². The molecule has 0 aliphatic rings. The molecular weight excluding hydrogens is 318 g/mol. The lowest BCUT2D eigenvalue weighted by Gasteiger charge is -2.05. The second-order valence-corrected chi connectivity index (χ2v) is 5.19. The summed E-state index contributed by atoms with van der Waals surface area (Å²) in [5.74, 6) is -1.44. The van der Waals surface area contributed by atoms with Crippen molar-refractivity contribution in [2.24, 2.45) is 0 Å². The van der Waals surface area contributed by atoms with Gasteiger partial charge in [0.05, 0.1) is 0 Å². The minimum atomic E-state index is -0.919. The lowest BCUT2D eigenvalue weighted by molar-refractivity contribution is -0.137. The standard InChI is InChI=1S/C16H18ClN3O3/c17-14-4-1-3-12(9-14)6-8-19-11-13(10-18)16(23)20-7-2-5-15(21)22/h1,3-4,9,11,19H,2,5-8H2,(H,20,23)(H,21,22)/b13-11-. The van der Waals surface area contributed by atoms with E-state index < -0.39 is 11.9 Å². The maximum atomic E-state index is 11.7. The van der Waals surface area contributed by atoms with E-state index in [0.717, 1.165) is 5.56 Å². The number of hydrogen-bond acceptors (Lipinski definition) is 4. The van der Waals surface area contributed by atoms with E-state index in [9.17, 15) is 9.59 Å². The summed E-state index contributed by atoms with van der Waals surface area (Å²) in [7, 11) is 0. The first-order chi connectivity index (χ1) is 11.0. The maximum Gasteiger partial charge on any atom is 0.303 e. The van der Waals surface area contributed by atoms with Crippen LogP contribution < -0.4 is 10.6 Å². The molecule has 0 fully saturated rings. The molecule has 1 rings (SSSR count). The minimum absolute atomic E-state index is 0.0240. The molecule has 1 amide bonds. The Morgan fingerprint density at radius 1 is 1.35 bits per heavy atom. The number of carbonyl (C=O) groups excluding carboxylic acids is 1. The summed E-state index contributed by atoms with van der Waals surface area (Å²) < 4.78 is 0. The van der Waals surface area contributed by atoms with Gasteiger partial charge in [0.25, 0.3) is 5.91 Å². The van der Waals surface area contributed by atoms with Crippen molar-refractivity contribution in [2.45, 2.75) is 19.3 Å². The van der Waals surface area contributed by atoms with Crippen LogP contribution in [0.2, 0.25) is 5.02 Å². The summed E-state index contributed by atoms with van der Waals surface area (Å²) >= 11 is 5.89. The number of nitrogens with zero attached hydrogens (tertiary/aromatic N) is 1. The van der Waals surface area contributed by atoms with Crippen LogP contribution in [0.15, 0.2) is 36.0 Å². The number of benzene rings is 1. The van der Waals surface area contributed by atoms with Crippen molar-refractivity contribution >= 4 is 23.5 Å². The van der Waals surface area contributed by atoms with Gasteiger partial charge >= 0.3 is 5.97 Å². The third-order valence-corrected chi connectivity index (χ3v) is 3.15. The van der Waals surface area contributed by atoms with Crippen LogP contribution in [0.3, 0.4) is 0 Å². The van der Waals surface area contributed by atoms with E-state index in [4.69, 9.17) is 22.0 Å². The molecule has 0 aliphatic carbocycles. The highest BCUT2D eigenvalue weighted by molar-refractivity contribution is 6.30. The molecule has 1 aromatic carbocycles. The highest BCUT2D eigenvalue weighted by atomic mass is 35.5. The highest BCUT2D eigenvalue weighted by Gasteiger charge is 2.08. The number of amides is 1. The fourth-order valence-electron chi connectivity index (χ4n) is 1.77. The number of carboxylic acid groups (broad SMARTS) is 1. The second kappa shape index (κ2) is 10.2. The van der Waals surface area contributed by atoms with Crippen LogP contribution in [0.25, 0.3) is 0 Å². The Hall–Kier alpha value is -2.52. The molecule has 0 spiro atoms. The lowest BCUT2D eigenvalue weighted by atomic mass is 10.1. The number of carbonyl (C=O) groups is 2. The molecule has 122 valence electrons. The lowest BCUT2D eigenvalue weighted by Crippen LogP contribution is -2.27. The molecule has 0 unspecified atom stereocenters. The van der Waals surface area contributed by atoms with Crippen LogP contribution in [0.1, 0.15) is 18.4 Å². The maximum absolute atomic E-state index is 11.7. The molecule has 7 heteroatoms. The van der Waals surface area contributed by atoms with Gasteiger partial charge in [-0.2, -0.15) is 5.26 Å². The van der Waals surface area contributed by atoms with Crippen LogP contribution >= 0.6 is 11.6 Å². The molecule has 6 nitrogen and oxygen atoms in total. The zero-order valence-electron chi connectivity index (χ0n) is 12.5. The molecular formula is C16H18ClN3O3. The van der Waals surface area contributed by atoms with Gasteiger partial charge in [0.1, 0.15) is 11.6 Å². The van der Waals surface area contributed by atoms with Crippen LogP contribution in [0, 0.1) is 11.3 Å². The molecule has 0 saturated heterocycles. The molecule has 0 saturated carbocycles. The number of carboxylic acids is 1. The van der Waals surface area contributed by atoms with Crippen molar-refractivity contribution in [2.75, 3.05) is 13.1 Å². The first-order valence-electron chi connectivity index (χ1n) is 7.11. The summed E-state index contributed by atoms with van der Waals surface area (Å²) in [6.45, 7) is 0.768. The fraction of sp³-hybridized carbons (Fsp3) is 0.312. The van der Waals surface area contributed by atoms with E-state index in [-0.39, 0.29) is 18.5 Å². The van der Waals surface area contributed by atoms with Crippen molar-refractivity contribution in [1.29, 1.82) is 5.26 Å². The summed E-state index contributed by atoms with van der Waals surface area (Å²) in [5.41, 5.74) is 1.00. The first kappa shape index (κ1) is 18.5. The largest absolute Gasteiger partial charge is 0.481 e. The Labute approximate surface area is 139 Å². The van der Waals surface area contributed by atoms with E-state index in [1.807, 2.05) is 24.3 Å². The Morgan fingerprint density at radius 2 is 2.13 bits per heavy atom. The highest BCUT2D eigenvalue weighted by Crippen LogP contribution is 2.10. The zero-order chi connectivity index (χ0) is 17.1. The Kier molecular flexibility index (Phi) is 8.25. The van der Waals surface area contributed by atoms with E-state index in [0.29, 0.717) is 24.4 Å². The van der Waals surface area contributed by atoms with Gasteiger partial charge in [-0.1, -0.05) is 23.7 Å². The van der Waals surface area contributed by atoms with Crippen LogP contribution in [-0.4, -0.2) is 30.1 Å². The Balaban J connectivity index is 2.35. The number of nitriles is 1. The molecule has 0 bridgehead atoms. The van der Waals surface area contributed by atoms with Crippen LogP contribution in [-0.2, 0) is 16.0 Å². The third-order valence-electron chi connectivity index (χ3n) is 2.91. The molecule has 0 aromatic heterocycles. The molecule has 23 heavy (non-hydrogen) atoms. The average molecular weight is 336 g/mol. The number of nitrogens with one attached hydrogen (secondary N) is 2. The van der Waals surface area contributed by atoms with Gasteiger partial charge in [-0.25, -0.2) is 0 Å². The Bertz CT molecular complexity index is 623. The van der Waals surface area contributed by atoms with E-state index in [1.165, 1.54) is 6.20 Å². The smallest absolute Gasteiger partial charge is 0.303 e. The second-order valence-electron chi connectivity index (χ2n) is 4.76. The van der Waals surface area contributed by atoms with Crippen molar-refractivity contribution in [3.63, 3.8) is 0 Å². The Morgan fingerprint density at radius 3 is 2.78 bits per heavy atom. The number of rotatable bonds is 9. The molecule has 1 aromatic rings. The third kappa shape index (κ3) is 7.88. The first-order valence-corrected chi connectivity index (χ1v) is 7.49. The summed E-state index contributed by atoms with van der Waals surface area (Å²) in [4.78, 5) is 22.1. The summed E-state index contributed by atoms with van der Waals surface area (Å²) in [6.07, 6.45) is 2.36. The minimum Gasteiger partial charge on any atom is -0.481 e. The number of aliphatic carboxylic acids is 1. The predicted octanol–water partition coefficient (Wildman–Crippen LogP) is 1.86. The quantitative estimate of drug-likeness (QED) is 0.363. The van der Waals surface area contributed by atoms with Gasteiger partial charge in [-0.3, -0.25) is 9.59 Å². The number of halogens is 1. The van der Waals surface area contributed by atoms with Gasteiger partial charge in [-0.05, 0) is 30.5 Å². The van der Waals surface area contributed by atoms with Crippen LogP contribution in [0.4, 0.5) is 0 Å². The molecule has 0 radical (unpaired) electrons. The topological polar surface area (TPSA) is 102 Å². The normalized spacial score (nSPS) is 10.7. The monoisotopic (exact) mass is 335 g/mol. The van der Waals surface area contributed by atoms with Crippen molar-refractivity contribution in [1.82, 2.24) is 10.6 Å². The van der Waals surface area contributed by atoms with Gasteiger partial charge in [-0.15, -0.1) is 0 Å². The van der Waals surface area contributed by atoms with E-state index in [1.54, 1.807) is 6.07 Å². The molecule has 3 N–H and O–H groups in total. The van der Waals surface area contributed by atoms with Crippen LogP contribution in [0.5, 0.6) is 0 Å². The van der Waals surface area contributed by atoms with Crippen molar-refractivity contribution < 1.29 is 14.7 Å². The summed E-state index contributed by atoms with van der Waals surface area (Å²) in [5, 5.41) is 23.5. The van der Waals surface area contributed by atoms with Gasteiger partial charge in [0.2, 0.25) is 0 Å². The van der Waals surface area contributed by atoms with Crippen molar-refractivity contribution in [3.8, 4) is 6.07 Å². The molecule has 0 aliphatic heterocycles. The predicted molar refractivity (Wildman–Crippen MR) is 86.7 cm³/mol. The van der Waals surface area contributed by atoms with Gasteiger partial charge in [0, 0.05) is 30.7 Å². The fourth-order valence-corrected chi connectivity index (χ4v) is 1.98. The van der Waals surface area contributed by atoms with Gasteiger partial charge in [0.15, 0.2) is 0 Å². The molecule has 0 heterocycles. The van der Waals surface area contributed by atoms with E-state index >= 15 is 0 Å².